The SMILES string of the molecule is CCCCCCCCCCCCNCCS(=O)(=O)[O-].[Na+]. The molecule has 0 heterocycles. The standard InChI is InChI=1S/C14H31NO3S.Na/c1-2-3-4-5-6-7-8-9-10-11-12-15-13-14-19(16,17)18;/h15H,2-14H2,1H3,(H,16,17,18);/q;+1/p-1. The van der Waals surface area contributed by atoms with Crippen LogP contribution < -0.4 is 34.9 Å². The average Bonchev–Trinajstić information content (AvgIpc) is 2.34. The van der Waals surface area contributed by atoms with Crippen LogP contribution in [0.4, 0.5) is 0 Å². The van der Waals surface area contributed by atoms with Gasteiger partial charge in [-0.3, -0.25) is 0 Å². The Kier molecular flexibility index (Phi) is 18.8. The first-order valence-corrected chi connectivity index (χ1v) is 9.28. The molecular weight excluding hydrogens is 285 g/mol. The van der Waals surface area contributed by atoms with Crippen molar-refractivity contribution in [1.29, 1.82) is 0 Å². The molecule has 0 aromatic carbocycles. The van der Waals surface area contributed by atoms with Crippen LogP contribution in [0.1, 0.15) is 71.1 Å². The summed E-state index contributed by atoms with van der Waals surface area (Å²) in [6.07, 6.45) is 12.9. The second-order valence-corrected chi connectivity index (χ2v) is 6.72. The molecule has 0 aromatic heterocycles. The Hall–Kier alpha value is 0.870. The van der Waals surface area contributed by atoms with Gasteiger partial charge in [-0.1, -0.05) is 64.7 Å². The van der Waals surface area contributed by atoms with Crippen LogP contribution in [0.25, 0.3) is 0 Å². The molecule has 0 amide bonds. The van der Waals surface area contributed by atoms with E-state index in [9.17, 15) is 13.0 Å². The molecule has 1 N–H and O–H groups in total. The van der Waals surface area contributed by atoms with E-state index in [0.717, 1.165) is 13.0 Å². The van der Waals surface area contributed by atoms with Gasteiger partial charge in [0.15, 0.2) is 0 Å². The molecule has 0 unspecified atom stereocenters. The van der Waals surface area contributed by atoms with Gasteiger partial charge in [-0.2, -0.15) is 0 Å². The number of rotatable bonds is 14. The fraction of sp³-hybridized carbons (Fsp3) is 1.00. The van der Waals surface area contributed by atoms with E-state index in [2.05, 4.69) is 12.2 Å². The normalized spacial score (nSPS) is 11.3. The summed E-state index contributed by atoms with van der Waals surface area (Å²) in [5.74, 6) is -0.301. The van der Waals surface area contributed by atoms with Crippen LogP contribution in [0.15, 0.2) is 0 Å². The Morgan fingerprint density at radius 1 is 0.800 bits per heavy atom. The van der Waals surface area contributed by atoms with Gasteiger partial charge in [0, 0.05) is 6.54 Å². The fourth-order valence-electron chi connectivity index (χ4n) is 2.06. The molecule has 0 spiro atoms. The molecule has 0 rings (SSSR count). The van der Waals surface area contributed by atoms with Crippen molar-refractivity contribution in [3.8, 4) is 0 Å². The molecule has 6 heteroatoms. The van der Waals surface area contributed by atoms with E-state index in [1.54, 1.807) is 0 Å². The molecule has 0 saturated carbocycles. The van der Waals surface area contributed by atoms with Crippen LogP contribution >= 0.6 is 0 Å². The summed E-state index contributed by atoms with van der Waals surface area (Å²) in [6.45, 7) is 3.33. The van der Waals surface area contributed by atoms with E-state index in [1.165, 1.54) is 57.8 Å². The van der Waals surface area contributed by atoms with Crippen LogP contribution in [-0.2, 0) is 10.1 Å². The molecule has 0 bridgehead atoms. The molecular formula is C14H30NNaO3S. The van der Waals surface area contributed by atoms with E-state index >= 15 is 0 Å². The minimum Gasteiger partial charge on any atom is -0.748 e. The predicted molar refractivity (Wildman–Crippen MR) is 79.3 cm³/mol. The van der Waals surface area contributed by atoms with Crippen molar-refractivity contribution in [3.05, 3.63) is 0 Å². The van der Waals surface area contributed by atoms with Gasteiger partial charge in [0.1, 0.15) is 0 Å². The van der Waals surface area contributed by atoms with E-state index in [4.69, 9.17) is 0 Å². The van der Waals surface area contributed by atoms with Crippen molar-refractivity contribution >= 4 is 10.1 Å². The summed E-state index contributed by atoms with van der Waals surface area (Å²) in [7, 11) is -4.05. The van der Waals surface area contributed by atoms with Crippen molar-refractivity contribution in [2.45, 2.75) is 71.1 Å². The Balaban J connectivity index is 0. The van der Waals surface area contributed by atoms with Gasteiger partial charge in [-0.05, 0) is 13.0 Å². The van der Waals surface area contributed by atoms with Crippen LogP contribution in [0.2, 0.25) is 0 Å². The van der Waals surface area contributed by atoms with Gasteiger partial charge in [-0.25, -0.2) is 8.42 Å². The summed E-state index contributed by atoms with van der Waals surface area (Å²) in [4.78, 5) is 0. The van der Waals surface area contributed by atoms with Crippen LogP contribution in [0.5, 0.6) is 0 Å². The van der Waals surface area contributed by atoms with Crippen LogP contribution in [-0.4, -0.2) is 31.8 Å². The zero-order chi connectivity index (χ0) is 14.4. The first kappa shape index (κ1) is 23.1. The number of hydrogen-bond acceptors (Lipinski definition) is 4. The largest absolute Gasteiger partial charge is 1.00 e. The molecule has 116 valence electrons. The zero-order valence-electron chi connectivity index (χ0n) is 13.3. The Morgan fingerprint density at radius 3 is 1.70 bits per heavy atom. The monoisotopic (exact) mass is 315 g/mol. The minimum absolute atomic E-state index is 0. The molecule has 0 saturated heterocycles. The smallest absolute Gasteiger partial charge is 0.748 e. The summed E-state index contributed by atoms with van der Waals surface area (Å²) in [6, 6.07) is 0. The molecule has 4 nitrogen and oxygen atoms in total. The van der Waals surface area contributed by atoms with Crippen molar-refractivity contribution in [2.75, 3.05) is 18.8 Å². The number of unbranched alkanes of at least 4 members (excludes halogenated alkanes) is 9. The van der Waals surface area contributed by atoms with Crippen molar-refractivity contribution in [1.82, 2.24) is 5.32 Å². The summed E-state index contributed by atoms with van der Waals surface area (Å²) in [5, 5.41) is 2.99. The number of nitrogens with one attached hydrogen (secondary N) is 1. The first-order valence-electron chi connectivity index (χ1n) is 7.70. The van der Waals surface area contributed by atoms with E-state index < -0.39 is 10.1 Å². The second kappa shape index (κ2) is 16.2. The third kappa shape index (κ3) is 21.2. The Morgan fingerprint density at radius 2 is 1.25 bits per heavy atom. The zero-order valence-corrected chi connectivity index (χ0v) is 16.1. The quantitative estimate of drug-likeness (QED) is 0.279. The Labute approximate surface area is 147 Å². The van der Waals surface area contributed by atoms with Crippen LogP contribution in [0.3, 0.4) is 0 Å². The van der Waals surface area contributed by atoms with Gasteiger partial charge in [0.05, 0.1) is 15.9 Å². The van der Waals surface area contributed by atoms with Crippen molar-refractivity contribution < 1.29 is 42.5 Å². The third-order valence-corrected chi connectivity index (χ3v) is 3.94. The molecule has 0 aromatic rings. The predicted octanol–water partition coefficient (Wildman–Crippen LogP) is 0.0461. The molecule has 0 radical (unpaired) electrons. The number of hydrogen-bond donors (Lipinski definition) is 1. The first-order chi connectivity index (χ1) is 9.06. The molecule has 0 atom stereocenters. The topological polar surface area (TPSA) is 69.2 Å². The van der Waals surface area contributed by atoms with E-state index in [0.29, 0.717) is 0 Å². The van der Waals surface area contributed by atoms with Gasteiger partial charge < -0.3 is 9.87 Å². The van der Waals surface area contributed by atoms with E-state index in [1.807, 2.05) is 0 Å². The maximum atomic E-state index is 10.3. The fourth-order valence-corrected chi connectivity index (χ4v) is 2.45. The average molecular weight is 315 g/mol. The molecule has 0 aliphatic rings. The summed E-state index contributed by atoms with van der Waals surface area (Å²) >= 11 is 0. The van der Waals surface area contributed by atoms with Crippen LogP contribution in [0, 0.1) is 0 Å². The molecule has 0 aliphatic heterocycles. The maximum Gasteiger partial charge on any atom is 1.00 e. The van der Waals surface area contributed by atoms with Crippen molar-refractivity contribution in [3.63, 3.8) is 0 Å². The molecule has 0 aliphatic carbocycles. The van der Waals surface area contributed by atoms with Gasteiger partial charge in [0.2, 0.25) is 0 Å². The third-order valence-electron chi connectivity index (χ3n) is 3.24. The van der Waals surface area contributed by atoms with Gasteiger partial charge >= 0.3 is 29.6 Å². The summed E-state index contributed by atoms with van der Waals surface area (Å²) in [5.41, 5.74) is 0. The maximum absolute atomic E-state index is 10.3. The van der Waals surface area contributed by atoms with Crippen molar-refractivity contribution in [2.24, 2.45) is 0 Å². The minimum atomic E-state index is -4.05. The van der Waals surface area contributed by atoms with Gasteiger partial charge in [-0.15, -0.1) is 0 Å². The molecule has 0 fully saturated rings. The van der Waals surface area contributed by atoms with E-state index in [-0.39, 0.29) is 41.9 Å². The Bertz CT molecular complexity index is 284. The van der Waals surface area contributed by atoms with Gasteiger partial charge in [0.25, 0.3) is 0 Å². The summed E-state index contributed by atoms with van der Waals surface area (Å²) < 4.78 is 31.0. The second-order valence-electron chi connectivity index (χ2n) is 5.19. The molecule has 20 heavy (non-hydrogen) atoms.